The highest BCUT2D eigenvalue weighted by atomic mass is 32.2. The number of nitrogens with one attached hydrogen (secondary N) is 1. The molecule has 1 saturated heterocycles. The van der Waals surface area contributed by atoms with Gasteiger partial charge in [-0.15, -0.1) is 0 Å². The summed E-state index contributed by atoms with van der Waals surface area (Å²) in [4.78, 5) is 24.9. The zero-order valence-corrected chi connectivity index (χ0v) is 16.1. The Morgan fingerprint density at radius 1 is 1.19 bits per heavy atom. The summed E-state index contributed by atoms with van der Waals surface area (Å²) in [7, 11) is 0. The summed E-state index contributed by atoms with van der Waals surface area (Å²) in [6.07, 6.45) is 3.56. The van der Waals surface area contributed by atoms with Crippen molar-refractivity contribution in [3.05, 3.63) is 46.8 Å². The van der Waals surface area contributed by atoms with E-state index >= 15 is 0 Å². The van der Waals surface area contributed by atoms with Crippen molar-refractivity contribution in [1.29, 1.82) is 0 Å². The minimum absolute atomic E-state index is 0.367. The van der Waals surface area contributed by atoms with Crippen LogP contribution in [-0.2, 0) is 17.6 Å². The number of nitrogens with zero attached hydrogens (tertiary/aromatic N) is 2. The molecule has 1 fully saturated rings. The second kappa shape index (κ2) is 7.03. The molecule has 142 valence electrons. The molecule has 0 atom stereocenters. The van der Waals surface area contributed by atoms with Crippen LogP contribution in [0.3, 0.4) is 0 Å². The second-order valence-electron chi connectivity index (χ2n) is 7.33. The van der Waals surface area contributed by atoms with Crippen LogP contribution in [-0.4, -0.2) is 43.8 Å². The molecule has 6 nitrogen and oxygen atoms in total. The molecular weight excluding hydrogens is 362 g/mol. The number of aromatic nitrogens is 2. The fraction of sp³-hybridized carbons (Fsp3) is 0.450. The molecule has 0 saturated carbocycles. The molecule has 0 radical (unpaired) electrons. The summed E-state index contributed by atoms with van der Waals surface area (Å²) >= 11 is 1.73. The lowest BCUT2D eigenvalue weighted by Crippen LogP contribution is -2.56. The average molecular weight is 385 g/mol. The van der Waals surface area contributed by atoms with Crippen LogP contribution in [0.2, 0.25) is 0 Å². The van der Waals surface area contributed by atoms with Crippen LogP contribution in [0.25, 0.3) is 5.69 Å². The van der Waals surface area contributed by atoms with Crippen LogP contribution in [0.15, 0.2) is 24.3 Å². The molecule has 2 aliphatic rings. The van der Waals surface area contributed by atoms with E-state index in [0.29, 0.717) is 18.5 Å². The standard InChI is InChI=1S/C20H23N3O3S/c1-13-5-7-14(8-6-13)23-16-4-2-3-15(16)17(22-23)18(24)21-20(19(25)26)9-11-27-12-10-20/h5-8H,2-4,9-12H2,1H3,(H,21,24)(H,25,26). The zero-order valence-electron chi connectivity index (χ0n) is 15.3. The first kappa shape index (κ1) is 18.1. The van der Waals surface area contributed by atoms with E-state index in [0.717, 1.165) is 47.7 Å². The van der Waals surface area contributed by atoms with Gasteiger partial charge in [0.05, 0.1) is 5.69 Å². The van der Waals surface area contributed by atoms with Gasteiger partial charge >= 0.3 is 5.97 Å². The van der Waals surface area contributed by atoms with E-state index in [9.17, 15) is 14.7 Å². The van der Waals surface area contributed by atoms with E-state index in [-0.39, 0.29) is 5.91 Å². The number of benzene rings is 1. The minimum atomic E-state index is -1.18. The summed E-state index contributed by atoms with van der Waals surface area (Å²) in [5.41, 5.74) is 3.31. The Hall–Kier alpha value is -2.28. The third-order valence-corrected chi connectivity index (χ3v) is 6.52. The van der Waals surface area contributed by atoms with Crippen molar-refractivity contribution in [2.24, 2.45) is 0 Å². The maximum absolute atomic E-state index is 13.0. The van der Waals surface area contributed by atoms with E-state index in [4.69, 9.17) is 0 Å². The summed E-state index contributed by atoms with van der Waals surface area (Å²) in [5, 5.41) is 17.2. The number of aryl methyl sites for hydroxylation is 1. The highest BCUT2D eigenvalue weighted by Crippen LogP contribution is 2.31. The SMILES string of the molecule is Cc1ccc(-n2nc(C(=O)NC3(C(=O)O)CCSCC3)c3c2CCC3)cc1. The Bertz CT molecular complexity index is 883. The normalized spacial score (nSPS) is 18.1. The highest BCUT2D eigenvalue weighted by molar-refractivity contribution is 7.99. The first-order valence-electron chi connectivity index (χ1n) is 9.32. The molecule has 2 aromatic rings. The molecule has 1 aromatic heterocycles. The van der Waals surface area contributed by atoms with Crippen molar-refractivity contribution < 1.29 is 14.7 Å². The molecule has 1 amide bonds. The lowest BCUT2D eigenvalue weighted by molar-refractivity contribution is -0.144. The van der Waals surface area contributed by atoms with Gasteiger partial charge in [-0.1, -0.05) is 17.7 Å². The monoisotopic (exact) mass is 385 g/mol. The van der Waals surface area contributed by atoms with E-state index in [1.807, 2.05) is 35.9 Å². The molecule has 1 aromatic carbocycles. The van der Waals surface area contributed by atoms with E-state index in [1.54, 1.807) is 11.8 Å². The van der Waals surface area contributed by atoms with Crippen LogP contribution in [0.5, 0.6) is 0 Å². The molecule has 1 aliphatic carbocycles. The number of amides is 1. The van der Waals surface area contributed by atoms with Crippen molar-refractivity contribution in [2.45, 2.75) is 44.6 Å². The van der Waals surface area contributed by atoms with Crippen molar-refractivity contribution >= 4 is 23.6 Å². The van der Waals surface area contributed by atoms with Gasteiger partial charge in [0.2, 0.25) is 0 Å². The molecule has 0 spiro atoms. The molecule has 0 unspecified atom stereocenters. The summed E-state index contributed by atoms with van der Waals surface area (Å²) < 4.78 is 1.85. The number of carbonyl (C=O) groups excluding carboxylic acids is 1. The molecule has 0 bridgehead atoms. The number of carboxylic acids is 1. The van der Waals surface area contributed by atoms with Crippen LogP contribution in [0, 0.1) is 6.92 Å². The zero-order chi connectivity index (χ0) is 19.0. The van der Waals surface area contributed by atoms with Gasteiger partial charge in [-0.2, -0.15) is 16.9 Å². The summed E-state index contributed by atoms with van der Waals surface area (Å²) in [6, 6.07) is 8.05. The maximum atomic E-state index is 13.0. The third-order valence-electron chi connectivity index (χ3n) is 5.53. The fourth-order valence-electron chi connectivity index (χ4n) is 3.91. The van der Waals surface area contributed by atoms with Gasteiger partial charge in [0.15, 0.2) is 5.69 Å². The largest absolute Gasteiger partial charge is 0.480 e. The van der Waals surface area contributed by atoms with Gasteiger partial charge in [0.25, 0.3) is 5.91 Å². The van der Waals surface area contributed by atoms with Crippen molar-refractivity contribution in [3.63, 3.8) is 0 Å². The van der Waals surface area contributed by atoms with E-state index in [1.165, 1.54) is 5.56 Å². The van der Waals surface area contributed by atoms with Gasteiger partial charge in [-0.3, -0.25) is 4.79 Å². The van der Waals surface area contributed by atoms with E-state index < -0.39 is 11.5 Å². The van der Waals surface area contributed by atoms with Crippen molar-refractivity contribution in [3.8, 4) is 5.69 Å². The van der Waals surface area contributed by atoms with Gasteiger partial charge in [-0.05, 0) is 62.7 Å². The number of hydrogen-bond donors (Lipinski definition) is 2. The second-order valence-corrected chi connectivity index (χ2v) is 8.55. The molecule has 2 N–H and O–H groups in total. The van der Waals surface area contributed by atoms with Gasteiger partial charge in [0.1, 0.15) is 5.54 Å². The lowest BCUT2D eigenvalue weighted by atomic mass is 9.92. The Balaban J connectivity index is 1.67. The molecule has 4 rings (SSSR count). The Morgan fingerprint density at radius 2 is 1.89 bits per heavy atom. The summed E-state index contributed by atoms with van der Waals surface area (Å²) in [5.74, 6) is 0.157. The van der Waals surface area contributed by atoms with Gasteiger partial charge in [0, 0.05) is 11.3 Å². The summed E-state index contributed by atoms with van der Waals surface area (Å²) in [6.45, 7) is 2.03. The van der Waals surface area contributed by atoms with Gasteiger partial charge < -0.3 is 10.4 Å². The smallest absolute Gasteiger partial charge is 0.329 e. The predicted molar refractivity (Wildman–Crippen MR) is 105 cm³/mol. The van der Waals surface area contributed by atoms with Crippen LogP contribution >= 0.6 is 11.8 Å². The number of hydrogen-bond acceptors (Lipinski definition) is 4. The van der Waals surface area contributed by atoms with Crippen molar-refractivity contribution in [2.75, 3.05) is 11.5 Å². The molecule has 27 heavy (non-hydrogen) atoms. The lowest BCUT2D eigenvalue weighted by Gasteiger charge is -2.33. The highest BCUT2D eigenvalue weighted by Gasteiger charge is 2.42. The number of carboxylic acid groups (broad SMARTS) is 1. The minimum Gasteiger partial charge on any atom is -0.480 e. The number of thioether (sulfide) groups is 1. The molecule has 2 heterocycles. The molecular formula is C20H23N3O3S. The topological polar surface area (TPSA) is 84.2 Å². The quantitative estimate of drug-likeness (QED) is 0.845. The van der Waals surface area contributed by atoms with Gasteiger partial charge in [-0.25, -0.2) is 9.48 Å². The van der Waals surface area contributed by atoms with E-state index in [2.05, 4.69) is 10.4 Å². The fourth-order valence-corrected chi connectivity index (χ4v) is 5.10. The average Bonchev–Trinajstić information content (AvgIpc) is 3.26. The predicted octanol–water partition coefficient (Wildman–Crippen LogP) is 2.75. The first-order chi connectivity index (χ1) is 13.0. The van der Waals surface area contributed by atoms with Crippen molar-refractivity contribution in [1.82, 2.24) is 15.1 Å². The Kier molecular flexibility index (Phi) is 4.72. The molecule has 7 heteroatoms. The van der Waals surface area contributed by atoms with Crippen LogP contribution < -0.4 is 5.32 Å². The van der Waals surface area contributed by atoms with Crippen LogP contribution in [0.1, 0.15) is 46.6 Å². The third kappa shape index (κ3) is 3.25. The Morgan fingerprint density at radius 3 is 2.56 bits per heavy atom. The van der Waals surface area contributed by atoms with Crippen LogP contribution in [0.4, 0.5) is 0 Å². The first-order valence-corrected chi connectivity index (χ1v) is 10.5. The number of carbonyl (C=O) groups is 2. The Labute approximate surface area is 162 Å². The maximum Gasteiger partial charge on any atom is 0.329 e. The molecule has 1 aliphatic heterocycles. The number of aliphatic carboxylic acids is 1. The number of fused-ring (bicyclic) bond motifs is 1. The number of rotatable bonds is 4.